The van der Waals surface area contributed by atoms with E-state index >= 15 is 0 Å². The molecule has 0 amide bonds. The average molecular weight is 367 g/mol. The largest absolute Gasteiger partial charge is 0.497 e. The lowest BCUT2D eigenvalue weighted by Gasteiger charge is -2.12. The Balaban J connectivity index is 2.22. The second kappa shape index (κ2) is 8.09. The van der Waals surface area contributed by atoms with E-state index in [1.165, 1.54) is 40.6 Å². The van der Waals surface area contributed by atoms with Crippen molar-refractivity contribution >= 4 is 10.0 Å². The van der Waals surface area contributed by atoms with Crippen LogP contribution in [-0.4, -0.2) is 36.9 Å². The first-order chi connectivity index (χ1) is 11.9. The molecule has 8 heteroatoms. The number of rotatable bonds is 8. The molecule has 0 saturated heterocycles. The SMILES string of the molecule is COc1cc(CNS(=O)(=O)c2ccc(OC)c(OC)c2)cc(OC)c1. The summed E-state index contributed by atoms with van der Waals surface area (Å²) in [5.74, 6) is 1.96. The van der Waals surface area contributed by atoms with Crippen molar-refractivity contribution in [2.75, 3.05) is 28.4 Å². The number of hydrogen-bond acceptors (Lipinski definition) is 6. The number of benzene rings is 2. The zero-order chi connectivity index (χ0) is 18.4. The quantitative estimate of drug-likeness (QED) is 0.770. The fourth-order valence-electron chi connectivity index (χ4n) is 2.21. The molecule has 0 unspecified atom stereocenters. The molecule has 2 aromatic rings. The van der Waals surface area contributed by atoms with Gasteiger partial charge in [0.25, 0.3) is 0 Å². The van der Waals surface area contributed by atoms with Gasteiger partial charge in [-0.05, 0) is 29.8 Å². The molecule has 0 aliphatic rings. The average Bonchev–Trinajstić information content (AvgIpc) is 2.65. The third-order valence-corrected chi connectivity index (χ3v) is 4.94. The van der Waals surface area contributed by atoms with Gasteiger partial charge in [0.05, 0.1) is 33.3 Å². The molecule has 25 heavy (non-hydrogen) atoms. The lowest BCUT2D eigenvalue weighted by Crippen LogP contribution is -2.23. The highest BCUT2D eigenvalue weighted by molar-refractivity contribution is 7.89. The maximum absolute atomic E-state index is 12.5. The molecule has 0 bridgehead atoms. The van der Waals surface area contributed by atoms with E-state index in [-0.39, 0.29) is 11.4 Å². The molecule has 0 radical (unpaired) electrons. The van der Waals surface area contributed by atoms with Crippen LogP contribution in [0.25, 0.3) is 0 Å². The first-order valence-electron chi connectivity index (χ1n) is 7.37. The van der Waals surface area contributed by atoms with Gasteiger partial charge in [-0.25, -0.2) is 13.1 Å². The van der Waals surface area contributed by atoms with Crippen LogP contribution in [0.4, 0.5) is 0 Å². The summed E-state index contributed by atoms with van der Waals surface area (Å²) in [4.78, 5) is 0.0833. The molecule has 7 nitrogen and oxygen atoms in total. The fourth-order valence-corrected chi connectivity index (χ4v) is 3.25. The van der Waals surface area contributed by atoms with E-state index in [1.54, 1.807) is 24.3 Å². The molecule has 2 rings (SSSR count). The zero-order valence-electron chi connectivity index (χ0n) is 14.5. The van der Waals surface area contributed by atoms with Crippen molar-refractivity contribution in [3.63, 3.8) is 0 Å². The molecule has 1 N–H and O–H groups in total. The predicted molar refractivity (Wildman–Crippen MR) is 93.1 cm³/mol. The fraction of sp³-hybridized carbons (Fsp3) is 0.294. The Labute approximate surface area is 147 Å². The van der Waals surface area contributed by atoms with E-state index in [9.17, 15) is 8.42 Å². The van der Waals surface area contributed by atoms with Gasteiger partial charge in [0.1, 0.15) is 11.5 Å². The van der Waals surface area contributed by atoms with Crippen LogP contribution >= 0.6 is 0 Å². The van der Waals surface area contributed by atoms with Gasteiger partial charge in [0.2, 0.25) is 10.0 Å². The van der Waals surface area contributed by atoms with Gasteiger partial charge in [-0.15, -0.1) is 0 Å². The summed E-state index contributed by atoms with van der Waals surface area (Å²) in [7, 11) is 2.28. The van der Waals surface area contributed by atoms with Crippen LogP contribution < -0.4 is 23.7 Å². The van der Waals surface area contributed by atoms with Gasteiger partial charge < -0.3 is 18.9 Å². The van der Waals surface area contributed by atoms with Crippen LogP contribution in [0.1, 0.15) is 5.56 Å². The maximum atomic E-state index is 12.5. The second-order valence-corrected chi connectivity index (χ2v) is 6.83. The summed E-state index contributed by atoms with van der Waals surface area (Å²) in [5.41, 5.74) is 0.709. The Kier molecular flexibility index (Phi) is 6.11. The number of nitrogens with one attached hydrogen (secondary N) is 1. The molecular formula is C17H21NO6S. The van der Waals surface area contributed by atoms with E-state index in [1.807, 2.05) is 0 Å². The van der Waals surface area contributed by atoms with E-state index in [0.29, 0.717) is 28.6 Å². The highest BCUT2D eigenvalue weighted by Gasteiger charge is 2.17. The van der Waals surface area contributed by atoms with E-state index in [4.69, 9.17) is 18.9 Å². The molecule has 0 fully saturated rings. The smallest absolute Gasteiger partial charge is 0.241 e. The maximum Gasteiger partial charge on any atom is 0.241 e. The number of methoxy groups -OCH3 is 4. The van der Waals surface area contributed by atoms with E-state index in [2.05, 4.69) is 4.72 Å². The summed E-state index contributed by atoms with van der Waals surface area (Å²) >= 11 is 0. The summed E-state index contributed by atoms with van der Waals surface area (Å²) in [6, 6.07) is 9.59. The summed E-state index contributed by atoms with van der Waals surface area (Å²) in [5, 5.41) is 0. The molecule has 0 aromatic heterocycles. The van der Waals surface area contributed by atoms with Crippen LogP contribution in [0.2, 0.25) is 0 Å². The first kappa shape index (κ1) is 18.9. The van der Waals surface area contributed by atoms with Crippen LogP contribution in [-0.2, 0) is 16.6 Å². The minimum atomic E-state index is -3.72. The molecule has 0 heterocycles. The Hall–Kier alpha value is -2.45. The molecule has 0 saturated carbocycles. The molecule has 0 aliphatic carbocycles. The molecular weight excluding hydrogens is 346 g/mol. The van der Waals surface area contributed by atoms with Crippen LogP contribution in [0, 0.1) is 0 Å². The van der Waals surface area contributed by atoms with Gasteiger partial charge in [-0.2, -0.15) is 0 Å². The van der Waals surface area contributed by atoms with Crippen molar-refractivity contribution in [3.05, 3.63) is 42.0 Å². The topological polar surface area (TPSA) is 83.1 Å². The normalized spacial score (nSPS) is 11.0. The molecule has 0 atom stereocenters. The Bertz CT molecular complexity index is 813. The third-order valence-electron chi connectivity index (χ3n) is 3.54. The van der Waals surface area contributed by atoms with Gasteiger partial charge in [-0.1, -0.05) is 0 Å². The van der Waals surface area contributed by atoms with E-state index in [0.717, 1.165) is 0 Å². The molecule has 2 aromatic carbocycles. The van der Waals surface area contributed by atoms with Crippen molar-refractivity contribution in [3.8, 4) is 23.0 Å². The molecule has 0 aliphatic heterocycles. The lowest BCUT2D eigenvalue weighted by molar-refractivity contribution is 0.354. The van der Waals surface area contributed by atoms with Crippen molar-refractivity contribution in [2.24, 2.45) is 0 Å². The minimum absolute atomic E-state index is 0.0833. The highest BCUT2D eigenvalue weighted by Crippen LogP contribution is 2.29. The third kappa shape index (κ3) is 4.55. The zero-order valence-corrected chi connectivity index (χ0v) is 15.3. The standard InChI is InChI=1S/C17H21NO6S/c1-21-13-7-12(8-14(9-13)22-2)11-18-25(19,20)15-5-6-16(23-3)17(10-15)24-4/h5-10,18H,11H2,1-4H3. The van der Waals surface area contributed by atoms with Gasteiger partial charge >= 0.3 is 0 Å². The summed E-state index contributed by atoms with van der Waals surface area (Å²) < 4.78 is 48.2. The van der Waals surface area contributed by atoms with Gasteiger partial charge in [0.15, 0.2) is 11.5 Å². The van der Waals surface area contributed by atoms with E-state index < -0.39 is 10.0 Å². The van der Waals surface area contributed by atoms with Crippen molar-refractivity contribution < 1.29 is 27.4 Å². The van der Waals surface area contributed by atoms with Crippen LogP contribution in [0.3, 0.4) is 0 Å². The minimum Gasteiger partial charge on any atom is -0.497 e. The first-order valence-corrected chi connectivity index (χ1v) is 8.85. The van der Waals surface area contributed by atoms with Gasteiger partial charge in [-0.3, -0.25) is 0 Å². The highest BCUT2D eigenvalue weighted by atomic mass is 32.2. The monoisotopic (exact) mass is 367 g/mol. The number of hydrogen-bond donors (Lipinski definition) is 1. The van der Waals surface area contributed by atoms with Gasteiger partial charge in [0, 0.05) is 18.7 Å². The summed E-state index contributed by atoms with van der Waals surface area (Å²) in [6.45, 7) is 0.0875. The molecule has 136 valence electrons. The predicted octanol–water partition coefficient (Wildman–Crippen LogP) is 2.20. The summed E-state index contributed by atoms with van der Waals surface area (Å²) in [6.07, 6.45) is 0. The Morgan fingerprint density at radius 1 is 0.800 bits per heavy atom. The van der Waals surface area contributed by atoms with Crippen molar-refractivity contribution in [1.82, 2.24) is 4.72 Å². The molecule has 0 spiro atoms. The lowest BCUT2D eigenvalue weighted by atomic mass is 10.2. The number of ether oxygens (including phenoxy) is 4. The van der Waals surface area contributed by atoms with Crippen LogP contribution in [0.5, 0.6) is 23.0 Å². The second-order valence-electron chi connectivity index (χ2n) is 5.06. The number of sulfonamides is 1. The Morgan fingerprint density at radius 3 is 1.92 bits per heavy atom. The van der Waals surface area contributed by atoms with Crippen molar-refractivity contribution in [2.45, 2.75) is 11.4 Å². The van der Waals surface area contributed by atoms with Crippen molar-refractivity contribution in [1.29, 1.82) is 0 Å². The Morgan fingerprint density at radius 2 is 1.40 bits per heavy atom. The van der Waals surface area contributed by atoms with Crippen LogP contribution in [0.15, 0.2) is 41.3 Å².